The van der Waals surface area contributed by atoms with Crippen LogP contribution in [0.4, 0.5) is 5.69 Å². The Bertz CT molecular complexity index is 624. The van der Waals surface area contributed by atoms with Crippen LogP contribution in [0, 0.1) is 6.92 Å². The van der Waals surface area contributed by atoms with E-state index in [4.69, 9.17) is 11.6 Å². The van der Waals surface area contributed by atoms with Crippen molar-refractivity contribution in [1.82, 2.24) is 9.78 Å². The molecule has 1 aromatic carbocycles. The number of carbonyl (C=O) groups excluding carboxylic acids is 1. The molecule has 0 bridgehead atoms. The van der Waals surface area contributed by atoms with E-state index in [9.17, 15) is 4.79 Å². The number of nitrogens with zero attached hydrogens (tertiary/aromatic N) is 2. The summed E-state index contributed by atoms with van der Waals surface area (Å²) in [5, 5.41) is 7.63. The molecule has 0 fully saturated rings. The van der Waals surface area contributed by atoms with Gasteiger partial charge in [0, 0.05) is 6.54 Å². The van der Waals surface area contributed by atoms with E-state index < -0.39 is 0 Å². The number of hydrogen-bond acceptors (Lipinski definition) is 2. The first-order chi connectivity index (χ1) is 9.02. The lowest BCUT2D eigenvalue weighted by atomic mass is 10.3. The van der Waals surface area contributed by atoms with Crippen molar-refractivity contribution in [2.75, 3.05) is 5.32 Å². The molecule has 4 nitrogen and oxygen atoms in total. The molecule has 0 spiro atoms. The predicted molar refractivity (Wildman–Crippen MR) is 79.7 cm³/mol. The molecular formula is C13H13BrClN3O. The number of amides is 1. The molecule has 0 aliphatic heterocycles. The molecule has 0 atom stereocenters. The normalized spacial score (nSPS) is 10.5. The van der Waals surface area contributed by atoms with Gasteiger partial charge in [-0.3, -0.25) is 9.48 Å². The summed E-state index contributed by atoms with van der Waals surface area (Å²) in [6, 6.07) is 7.08. The van der Waals surface area contributed by atoms with Gasteiger partial charge in [-0.2, -0.15) is 5.10 Å². The van der Waals surface area contributed by atoms with Crippen molar-refractivity contribution < 1.29 is 4.79 Å². The van der Waals surface area contributed by atoms with Crippen LogP contribution in [0.5, 0.6) is 0 Å². The first-order valence-corrected chi connectivity index (χ1v) is 6.99. The third kappa shape index (κ3) is 2.98. The summed E-state index contributed by atoms with van der Waals surface area (Å²) in [4.78, 5) is 12.2. The average Bonchev–Trinajstić information content (AvgIpc) is 2.76. The summed E-state index contributed by atoms with van der Waals surface area (Å²) >= 11 is 9.34. The van der Waals surface area contributed by atoms with E-state index >= 15 is 0 Å². The van der Waals surface area contributed by atoms with Crippen LogP contribution < -0.4 is 5.32 Å². The molecule has 100 valence electrons. The summed E-state index contributed by atoms with van der Waals surface area (Å²) in [7, 11) is 0. The molecule has 19 heavy (non-hydrogen) atoms. The number of halogens is 2. The lowest BCUT2D eigenvalue weighted by molar-refractivity contribution is 0.101. The smallest absolute Gasteiger partial charge is 0.273 e. The van der Waals surface area contributed by atoms with Crippen LogP contribution in [-0.4, -0.2) is 15.7 Å². The highest BCUT2D eigenvalue weighted by Crippen LogP contribution is 2.30. The molecule has 0 saturated carbocycles. The summed E-state index contributed by atoms with van der Waals surface area (Å²) < 4.78 is 2.34. The fraction of sp³-hybridized carbons (Fsp3) is 0.231. The summed E-state index contributed by atoms with van der Waals surface area (Å²) in [5.74, 6) is -0.203. The van der Waals surface area contributed by atoms with Gasteiger partial charge in [-0.15, -0.1) is 0 Å². The van der Waals surface area contributed by atoms with E-state index in [-0.39, 0.29) is 5.91 Å². The van der Waals surface area contributed by atoms with Crippen LogP contribution >= 0.6 is 27.5 Å². The van der Waals surface area contributed by atoms with E-state index in [0.717, 1.165) is 5.69 Å². The predicted octanol–water partition coefficient (Wildman–Crippen LogP) is 3.88. The molecule has 0 unspecified atom stereocenters. The average molecular weight is 343 g/mol. The van der Waals surface area contributed by atoms with Crippen molar-refractivity contribution in [3.63, 3.8) is 0 Å². The maximum absolute atomic E-state index is 12.2. The van der Waals surface area contributed by atoms with Gasteiger partial charge in [0.15, 0.2) is 0 Å². The zero-order valence-corrected chi connectivity index (χ0v) is 12.9. The first-order valence-electron chi connectivity index (χ1n) is 5.82. The molecule has 1 N–H and O–H groups in total. The third-order valence-electron chi connectivity index (χ3n) is 2.63. The van der Waals surface area contributed by atoms with Gasteiger partial charge >= 0.3 is 0 Å². The van der Waals surface area contributed by atoms with Crippen molar-refractivity contribution in [2.45, 2.75) is 20.4 Å². The Kier molecular flexibility index (Phi) is 4.27. The number of benzene rings is 1. The zero-order chi connectivity index (χ0) is 14.0. The maximum atomic E-state index is 12.2. The van der Waals surface area contributed by atoms with Gasteiger partial charge in [-0.1, -0.05) is 17.7 Å². The van der Waals surface area contributed by atoms with Gasteiger partial charge in [-0.25, -0.2) is 0 Å². The number of hydrogen-bond donors (Lipinski definition) is 1. The number of carbonyl (C=O) groups is 1. The van der Waals surface area contributed by atoms with E-state index in [2.05, 4.69) is 26.3 Å². The molecule has 2 rings (SSSR count). The van der Waals surface area contributed by atoms with Crippen molar-refractivity contribution >= 4 is 39.1 Å². The molecule has 2 aromatic rings. The van der Waals surface area contributed by atoms with Crippen LogP contribution in [0.25, 0.3) is 0 Å². The van der Waals surface area contributed by atoms with Crippen LogP contribution in [0.15, 0.2) is 28.7 Å². The molecule has 0 aliphatic rings. The van der Waals surface area contributed by atoms with Crippen molar-refractivity contribution in [1.29, 1.82) is 0 Å². The molecule has 6 heteroatoms. The Morgan fingerprint density at radius 1 is 1.53 bits per heavy atom. The Morgan fingerprint density at radius 3 is 2.95 bits per heavy atom. The zero-order valence-electron chi connectivity index (χ0n) is 10.6. The molecule has 0 aliphatic carbocycles. The van der Waals surface area contributed by atoms with Gasteiger partial charge in [0.1, 0.15) is 5.69 Å². The molecule has 1 heterocycles. The van der Waals surface area contributed by atoms with E-state index in [1.165, 1.54) is 0 Å². The highest BCUT2D eigenvalue weighted by Gasteiger charge is 2.15. The van der Waals surface area contributed by atoms with Gasteiger partial charge < -0.3 is 5.32 Å². The highest BCUT2D eigenvalue weighted by molar-refractivity contribution is 9.10. The van der Waals surface area contributed by atoms with E-state index in [0.29, 0.717) is 27.4 Å². The fourth-order valence-corrected chi connectivity index (χ4v) is 2.29. The maximum Gasteiger partial charge on any atom is 0.273 e. The second-order valence-electron chi connectivity index (χ2n) is 4.04. The minimum Gasteiger partial charge on any atom is -0.320 e. The molecule has 1 amide bonds. The minimum atomic E-state index is -0.203. The Hall–Kier alpha value is -1.33. The quantitative estimate of drug-likeness (QED) is 0.920. The van der Waals surface area contributed by atoms with Crippen molar-refractivity contribution in [3.05, 3.63) is 45.1 Å². The summed E-state index contributed by atoms with van der Waals surface area (Å²) in [6.07, 6.45) is 0. The van der Waals surface area contributed by atoms with Crippen LogP contribution in [0.2, 0.25) is 5.02 Å². The van der Waals surface area contributed by atoms with Gasteiger partial charge in [0.05, 0.1) is 20.9 Å². The summed E-state index contributed by atoms with van der Waals surface area (Å²) in [5.41, 5.74) is 1.99. The Balaban J connectivity index is 2.28. The van der Waals surface area contributed by atoms with Gasteiger partial charge in [0.25, 0.3) is 5.91 Å². The lowest BCUT2D eigenvalue weighted by Gasteiger charge is -2.09. The number of anilines is 1. The monoisotopic (exact) mass is 341 g/mol. The van der Waals surface area contributed by atoms with E-state index in [1.54, 1.807) is 28.9 Å². The topological polar surface area (TPSA) is 46.9 Å². The second kappa shape index (κ2) is 5.75. The first kappa shape index (κ1) is 14.1. The molecule has 1 aromatic heterocycles. The van der Waals surface area contributed by atoms with Crippen molar-refractivity contribution in [2.24, 2.45) is 0 Å². The number of rotatable bonds is 3. The number of aryl methyl sites for hydroxylation is 2. The van der Waals surface area contributed by atoms with Crippen LogP contribution in [-0.2, 0) is 6.54 Å². The van der Waals surface area contributed by atoms with E-state index in [1.807, 2.05) is 13.8 Å². The molecule has 0 saturated heterocycles. The number of nitrogens with one attached hydrogen (secondary N) is 1. The SMILES string of the molecule is CCn1nc(C)cc1C(=O)Nc1cccc(Cl)c1Br. The van der Waals surface area contributed by atoms with Crippen LogP contribution in [0.1, 0.15) is 23.1 Å². The highest BCUT2D eigenvalue weighted by atomic mass is 79.9. The minimum absolute atomic E-state index is 0.203. The molecular weight excluding hydrogens is 330 g/mol. The third-order valence-corrected chi connectivity index (χ3v) is 4.03. The van der Waals surface area contributed by atoms with Gasteiger partial charge in [-0.05, 0) is 48.0 Å². The number of aromatic nitrogens is 2. The van der Waals surface area contributed by atoms with Crippen LogP contribution in [0.3, 0.4) is 0 Å². The fourth-order valence-electron chi connectivity index (χ4n) is 1.76. The Morgan fingerprint density at radius 2 is 2.26 bits per heavy atom. The summed E-state index contributed by atoms with van der Waals surface area (Å²) in [6.45, 7) is 4.45. The lowest BCUT2D eigenvalue weighted by Crippen LogP contribution is -2.17. The van der Waals surface area contributed by atoms with Crippen molar-refractivity contribution in [3.8, 4) is 0 Å². The Labute approximate surface area is 124 Å². The largest absolute Gasteiger partial charge is 0.320 e. The molecule has 0 radical (unpaired) electrons. The standard InChI is InChI=1S/C13H13BrClN3O/c1-3-18-11(7-8(2)17-18)13(19)16-10-6-4-5-9(15)12(10)14/h4-7H,3H2,1-2H3,(H,16,19). The second-order valence-corrected chi connectivity index (χ2v) is 5.24. The van der Waals surface area contributed by atoms with Gasteiger partial charge in [0.2, 0.25) is 0 Å².